The highest BCUT2D eigenvalue weighted by Crippen LogP contribution is 2.37. The predicted molar refractivity (Wildman–Crippen MR) is 139 cm³/mol. The number of benzene rings is 3. The summed E-state index contributed by atoms with van der Waals surface area (Å²) in [5.74, 6) is 0.902. The first kappa shape index (κ1) is 25.4. The van der Waals surface area contributed by atoms with Crippen LogP contribution < -0.4 is 14.9 Å². The first-order valence-corrected chi connectivity index (χ1v) is 12.3. The van der Waals surface area contributed by atoms with Gasteiger partial charge < -0.3 is 9.47 Å². The number of hydrogen-bond acceptors (Lipinski definition) is 5. The van der Waals surface area contributed by atoms with Gasteiger partial charge in [-0.2, -0.15) is 5.10 Å². The lowest BCUT2D eigenvalue weighted by molar-refractivity contribution is -0.120. The zero-order valence-corrected chi connectivity index (χ0v) is 21.8. The van der Waals surface area contributed by atoms with E-state index in [4.69, 9.17) is 32.7 Å². The topological polar surface area (TPSA) is 59.9 Å². The molecule has 1 atom stereocenters. The Morgan fingerprint density at radius 1 is 1.12 bits per heavy atom. The Morgan fingerprint density at radius 3 is 2.39 bits per heavy atom. The van der Waals surface area contributed by atoms with Crippen LogP contribution in [-0.2, 0) is 11.4 Å². The van der Waals surface area contributed by atoms with E-state index in [2.05, 4.69) is 26.5 Å². The summed E-state index contributed by atoms with van der Waals surface area (Å²) in [5.41, 5.74) is 4.28. The third-order valence-electron chi connectivity index (χ3n) is 4.43. The van der Waals surface area contributed by atoms with Crippen LogP contribution in [0.15, 0.2) is 75.1 Å². The van der Waals surface area contributed by atoms with E-state index in [1.54, 1.807) is 31.5 Å². The molecule has 0 aliphatic heterocycles. The van der Waals surface area contributed by atoms with Crippen molar-refractivity contribution in [1.29, 1.82) is 0 Å². The van der Waals surface area contributed by atoms with Crippen molar-refractivity contribution in [2.75, 3.05) is 7.11 Å². The molecule has 1 amide bonds. The molecule has 3 aromatic rings. The molecule has 0 heterocycles. The van der Waals surface area contributed by atoms with E-state index >= 15 is 0 Å². The number of thioether (sulfide) groups is 1. The molecule has 0 fully saturated rings. The largest absolute Gasteiger partial charge is 0.493 e. The highest BCUT2D eigenvalue weighted by atomic mass is 79.9. The second kappa shape index (κ2) is 12.3. The van der Waals surface area contributed by atoms with Crippen LogP contribution in [0.2, 0.25) is 10.0 Å². The molecule has 0 aromatic heterocycles. The molecule has 0 saturated carbocycles. The van der Waals surface area contributed by atoms with E-state index in [1.165, 1.54) is 11.8 Å². The lowest BCUT2D eigenvalue weighted by Crippen LogP contribution is -2.26. The van der Waals surface area contributed by atoms with Crippen LogP contribution in [0.5, 0.6) is 11.5 Å². The molecule has 3 rings (SSSR count). The first-order chi connectivity index (χ1) is 15.9. The minimum Gasteiger partial charge on any atom is -0.493 e. The number of nitrogens with one attached hydrogen (secondary N) is 1. The Balaban J connectivity index is 1.60. The number of carbonyl (C=O) groups is 1. The van der Waals surface area contributed by atoms with Crippen molar-refractivity contribution < 1.29 is 14.3 Å². The minimum absolute atomic E-state index is 0.208. The molecular formula is C24H21BrCl2N2O3S. The molecule has 9 heteroatoms. The van der Waals surface area contributed by atoms with Gasteiger partial charge in [0.05, 0.1) is 23.0 Å². The maximum atomic E-state index is 12.4. The van der Waals surface area contributed by atoms with Gasteiger partial charge in [0.1, 0.15) is 6.61 Å². The third kappa shape index (κ3) is 7.67. The molecule has 1 N–H and O–H groups in total. The number of ether oxygens (including phenoxy) is 2. The summed E-state index contributed by atoms with van der Waals surface area (Å²) >= 11 is 16.8. The maximum Gasteiger partial charge on any atom is 0.253 e. The van der Waals surface area contributed by atoms with Gasteiger partial charge in [0.25, 0.3) is 5.91 Å². The maximum absolute atomic E-state index is 12.4. The summed E-state index contributed by atoms with van der Waals surface area (Å²) in [4.78, 5) is 13.3. The quantitative estimate of drug-likeness (QED) is 0.172. The highest BCUT2D eigenvalue weighted by molar-refractivity contribution is 9.10. The number of carbonyl (C=O) groups excluding carboxylic acids is 1. The Labute approximate surface area is 215 Å². The van der Waals surface area contributed by atoms with Gasteiger partial charge in [0, 0.05) is 14.9 Å². The lowest BCUT2D eigenvalue weighted by atomic mass is 10.2. The summed E-state index contributed by atoms with van der Waals surface area (Å²) in [5, 5.41) is 5.08. The second-order valence-corrected chi connectivity index (χ2v) is 10.0. The normalized spacial score (nSPS) is 11.9. The van der Waals surface area contributed by atoms with Crippen molar-refractivity contribution in [3.8, 4) is 11.5 Å². The van der Waals surface area contributed by atoms with Gasteiger partial charge in [-0.15, -0.1) is 11.8 Å². The Kier molecular flexibility index (Phi) is 9.50. The van der Waals surface area contributed by atoms with Crippen LogP contribution in [0.25, 0.3) is 0 Å². The van der Waals surface area contributed by atoms with Gasteiger partial charge >= 0.3 is 0 Å². The fourth-order valence-electron chi connectivity index (χ4n) is 2.72. The molecule has 0 radical (unpaired) electrons. The SMILES string of the molecule is COc1cc(/C=N\NC(=O)[C@H](C)Sc2ccc(Cl)cc2)cc(Br)c1OCc1ccc(Cl)cc1. The summed E-state index contributed by atoms with van der Waals surface area (Å²) in [6.45, 7) is 2.18. The van der Waals surface area contributed by atoms with Crippen molar-refractivity contribution in [3.63, 3.8) is 0 Å². The third-order valence-corrected chi connectivity index (χ3v) is 6.64. The average Bonchev–Trinajstić information content (AvgIpc) is 2.80. The average molecular weight is 568 g/mol. The number of amides is 1. The van der Waals surface area contributed by atoms with E-state index in [0.717, 1.165) is 16.0 Å². The highest BCUT2D eigenvalue weighted by Gasteiger charge is 2.14. The van der Waals surface area contributed by atoms with Gasteiger partial charge in [-0.1, -0.05) is 35.3 Å². The van der Waals surface area contributed by atoms with Gasteiger partial charge in [-0.05, 0) is 82.5 Å². The fourth-order valence-corrected chi connectivity index (χ4v) is 4.41. The number of nitrogens with zero attached hydrogens (tertiary/aromatic N) is 1. The molecule has 0 aliphatic rings. The number of rotatable bonds is 9. The smallest absolute Gasteiger partial charge is 0.253 e. The van der Waals surface area contributed by atoms with Crippen molar-refractivity contribution in [2.45, 2.75) is 23.7 Å². The van der Waals surface area contributed by atoms with E-state index in [0.29, 0.717) is 32.6 Å². The van der Waals surface area contributed by atoms with Crippen molar-refractivity contribution in [1.82, 2.24) is 5.43 Å². The van der Waals surface area contributed by atoms with E-state index < -0.39 is 0 Å². The Morgan fingerprint density at radius 2 is 1.76 bits per heavy atom. The standard InChI is InChI=1S/C24H21BrCl2N2O3S/c1-15(33-20-9-7-19(27)8-10-20)24(30)29-28-13-17-11-21(25)23(22(12-17)31-2)32-14-16-3-5-18(26)6-4-16/h3-13,15H,14H2,1-2H3,(H,29,30)/b28-13-/t15-/m0/s1. The molecule has 172 valence electrons. The van der Waals surface area contributed by atoms with Crippen LogP contribution >= 0.6 is 50.9 Å². The lowest BCUT2D eigenvalue weighted by Gasteiger charge is -2.13. The van der Waals surface area contributed by atoms with E-state index in [1.807, 2.05) is 49.4 Å². The second-order valence-electron chi connectivity index (χ2n) is 6.90. The molecule has 0 unspecified atom stereocenters. The molecule has 0 aliphatic carbocycles. The number of hydrazone groups is 1. The van der Waals surface area contributed by atoms with E-state index in [9.17, 15) is 4.79 Å². The van der Waals surface area contributed by atoms with Gasteiger partial charge in [-0.25, -0.2) is 5.43 Å². The molecule has 0 saturated heterocycles. The van der Waals surface area contributed by atoms with Gasteiger partial charge in [-0.3, -0.25) is 4.79 Å². The van der Waals surface area contributed by atoms with Crippen molar-refractivity contribution >= 4 is 63.0 Å². The van der Waals surface area contributed by atoms with Gasteiger partial charge in [0.2, 0.25) is 0 Å². The van der Waals surface area contributed by atoms with Crippen LogP contribution in [-0.4, -0.2) is 24.5 Å². The zero-order valence-electron chi connectivity index (χ0n) is 17.8. The molecule has 0 spiro atoms. The van der Waals surface area contributed by atoms with Gasteiger partial charge in [0.15, 0.2) is 11.5 Å². The van der Waals surface area contributed by atoms with Crippen LogP contribution in [0.4, 0.5) is 0 Å². The summed E-state index contributed by atoms with van der Waals surface area (Å²) in [7, 11) is 1.56. The molecule has 33 heavy (non-hydrogen) atoms. The number of hydrogen-bond donors (Lipinski definition) is 1. The molecule has 0 bridgehead atoms. The molecule has 3 aromatic carbocycles. The Hall–Kier alpha value is -2.19. The summed E-state index contributed by atoms with van der Waals surface area (Å²) < 4.78 is 12.1. The van der Waals surface area contributed by atoms with Crippen LogP contribution in [0, 0.1) is 0 Å². The predicted octanol–water partition coefficient (Wildman–Crippen LogP) is 6.97. The van der Waals surface area contributed by atoms with Crippen LogP contribution in [0.3, 0.4) is 0 Å². The fraction of sp³-hybridized carbons (Fsp3) is 0.167. The minimum atomic E-state index is -0.326. The summed E-state index contributed by atoms with van der Waals surface area (Å²) in [6, 6.07) is 18.4. The van der Waals surface area contributed by atoms with Crippen LogP contribution in [0.1, 0.15) is 18.1 Å². The van der Waals surface area contributed by atoms with E-state index in [-0.39, 0.29) is 11.2 Å². The van der Waals surface area contributed by atoms with Crippen molar-refractivity contribution in [3.05, 3.63) is 86.3 Å². The molecular weight excluding hydrogens is 547 g/mol. The number of halogens is 3. The molecule has 5 nitrogen and oxygen atoms in total. The zero-order chi connectivity index (χ0) is 23.8. The Bertz CT molecular complexity index is 1130. The van der Waals surface area contributed by atoms with Crippen molar-refractivity contribution in [2.24, 2.45) is 5.10 Å². The summed E-state index contributed by atoms with van der Waals surface area (Å²) in [6.07, 6.45) is 1.55. The first-order valence-electron chi connectivity index (χ1n) is 9.85. The number of methoxy groups -OCH3 is 1. The monoisotopic (exact) mass is 566 g/mol.